The second kappa shape index (κ2) is 9.16. The molecule has 2 aromatic heterocycles. The van der Waals surface area contributed by atoms with Gasteiger partial charge in [-0.25, -0.2) is 0 Å². The van der Waals surface area contributed by atoms with Crippen LogP contribution in [0.15, 0.2) is 30.5 Å². The summed E-state index contributed by atoms with van der Waals surface area (Å²) >= 11 is 8.05. The summed E-state index contributed by atoms with van der Waals surface area (Å²) in [5, 5.41) is 0.585. The molecule has 2 atom stereocenters. The molecule has 6 rings (SSSR count). The maximum Gasteiger partial charge on any atom is 0.263 e. The average Bonchev–Trinajstić information content (AvgIpc) is 3.59. The molecule has 0 N–H and O–H groups in total. The monoisotopic (exact) mass is 523 g/mol. The van der Waals surface area contributed by atoms with Gasteiger partial charge in [0.05, 0.1) is 16.3 Å². The SMILES string of the molecule is CC(c1cc2nccc(-c3cc(Cl)cc4c3OC(C(=O)N3CCCCC3)C4)c2s1)N1C(=O)CCC1=O. The number of carbonyl (C=O) groups excluding carboxylic acids is 3. The third-order valence-electron chi connectivity index (χ3n) is 7.35. The molecule has 0 bridgehead atoms. The highest BCUT2D eigenvalue weighted by atomic mass is 35.5. The number of rotatable bonds is 4. The zero-order valence-electron chi connectivity index (χ0n) is 20.0. The van der Waals surface area contributed by atoms with E-state index in [1.165, 1.54) is 16.2 Å². The minimum Gasteiger partial charge on any atom is -0.479 e. The van der Waals surface area contributed by atoms with Gasteiger partial charge >= 0.3 is 0 Å². The Kier molecular flexibility index (Phi) is 5.96. The van der Waals surface area contributed by atoms with Crippen LogP contribution in [0.25, 0.3) is 21.3 Å². The summed E-state index contributed by atoms with van der Waals surface area (Å²) in [6, 6.07) is 7.27. The number of piperidine rings is 1. The lowest BCUT2D eigenvalue weighted by Gasteiger charge is -2.28. The van der Waals surface area contributed by atoms with Crippen LogP contribution >= 0.6 is 22.9 Å². The van der Waals surface area contributed by atoms with Gasteiger partial charge in [-0.2, -0.15) is 0 Å². The van der Waals surface area contributed by atoms with Crippen molar-refractivity contribution >= 4 is 50.9 Å². The maximum absolute atomic E-state index is 13.2. The number of amides is 3. The Bertz CT molecular complexity index is 1380. The van der Waals surface area contributed by atoms with Crippen molar-refractivity contribution in [3.63, 3.8) is 0 Å². The molecule has 2 saturated heterocycles. The highest BCUT2D eigenvalue weighted by Gasteiger charge is 2.36. The summed E-state index contributed by atoms with van der Waals surface area (Å²) < 4.78 is 7.24. The van der Waals surface area contributed by atoms with Crippen LogP contribution in [-0.4, -0.2) is 51.7 Å². The Morgan fingerprint density at radius 2 is 1.86 bits per heavy atom. The van der Waals surface area contributed by atoms with Crippen molar-refractivity contribution in [3.05, 3.63) is 45.9 Å². The molecule has 186 valence electrons. The minimum absolute atomic E-state index is 0.0417. The predicted octanol–water partition coefficient (Wildman–Crippen LogP) is 5.14. The van der Waals surface area contributed by atoms with Crippen LogP contribution in [-0.2, 0) is 20.8 Å². The number of benzene rings is 1. The summed E-state index contributed by atoms with van der Waals surface area (Å²) in [5.41, 5.74) is 3.45. The molecule has 9 heteroatoms. The Morgan fingerprint density at radius 3 is 2.61 bits per heavy atom. The Labute approximate surface area is 218 Å². The lowest BCUT2D eigenvalue weighted by atomic mass is 10.0. The number of pyridine rings is 1. The molecule has 2 unspecified atom stereocenters. The topological polar surface area (TPSA) is 79.8 Å². The summed E-state index contributed by atoms with van der Waals surface area (Å²) in [6.07, 6.45) is 5.45. The summed E-state index contributed by atoms with van der Waals surface area (Å²) in [6.45, 7) is 3.44. The molecule has 1 aromatic carbocycles. The lowest BCUT2D eigenvalue weighted by molar-refractivity contribution is -0.141. The number of likely N-dealkylation sites (tertiary alicyclic amines) is 2. The molecule has 3 aliphatic rings. The molecule has 3 aromatic rings. The normalized spacial score (nSPS) is 20.7. The quantitative estimate of drug-likeness (QED) is 0.442. The van der Waals surface area contributed by atoms with Gasteiger partial charge in [-0.1, -0.05) is 11.6 Å². The van der Waals surface area contributed by atoms with E-state index in [0.29, 0.717) is 17.2 Å². The third kappa shape index (κ3) is 3.96. The molecule has 3 aliphatic heterocycles. The number of fused-ring (bicyclic) bond motifs is 2. The van der Waals surface area contributed by atoms with Crippen molar-refractivity contribution in [2.75, 3.05) is 13.1 Å². The van der Waals surface area contributed by atoms with Crippen LogP contribution < -0.4 is 4.74 Å². The first-order chi connectivity index (χ1) is 17.4. The van der Waals surface area contributed by atoms with Gasteiger partial charge in [-0.05, 0) is 50.5 Å². The number of imide groups is 1. The van der Waals surface area contributed by atoms with E-state index in [0.717, 1.165) is 64.1 Å². The number of halogens is 1. The molecule has 36 heavy (non-hydrogen) atoms. The summed E-state index contributed by atoms with van der Waals surface area (Å²) in [5.74, 6) is 0.461. The van der Waals surface area contributed by atoms with E-state index in [-0.39, 0.29) is 36.6 Å². The largest absolute Gasteiger partial charge is 0.479 e. The molecule has 0 spiro atoms. The molecular weight excluding hydrogens is 498 g/mol. The number of thiophene rings is 1. The highest BCUT2D eigenvalue weighted by Crippen LogP contribution is 2.46. The van der Waals surface area contributed by atoms with Crippen LogP contribution in [0.1, 0.15) is 55.5 Å². The fourth-order valence-electron chi connectivity index (χ4n) is 5.51. The second-order valence-electron chi connectivity index (χ2n) is 9.69. The van der Waals surface area contributed by atoms with Crippen molar-refractivity contribution in [2.24, 2.45) is 0 Å². The van der Waals surface area contributed by atoms with E-state index in [1.807, 2.05) is 36.1 Å². The molecule has 0 aliphatic carbocycles. The van der Waals surface area contributed by atoms with Crippen LogP contribution in [0.2, 0.25) is 5.02 Å². The molecule has 0 saturated carbocycles. The van der Waals surface area contributed by atoms with E-state index >= 15 is 0 Å². The first-order valence-electron chi connectivity index (χ1n) is 12.4. The van der Waals surface area contributed by atoms with Gasteiger partial charge in [0.15, 0.2) is 6.10 Å². The van der Waals surface area contributed by atoms with Crippen LogP contribution in [0, 0.1) is 0 Å². The van der Waals surface area contributed by atoms with Crippen LogP contribution in [0.3, 0.4) is 0 Å². The van der Waals surface area contributed by atoms with Gasteiger partial charge in [0, 0.05) is 65.1 Å². The van der Waals surface area contributed by atoms with E-state index < -0.39 is 6.10 Å². The molecule has 0 radical (unpaired) electrons. The zero-order chi connectivity index (χ0) is 25.0. The maximum atomic E-state index is 13.2. The number of hydrogen-bond donors (Lipinski definition) is 0. The first-order valence-corrected chi connectivity index (χ1v) is 13.6. The van der Waals surface area contributed by atoms with Crippen molar-refractivity contribution in [3.8, 4) is 16.9 Å². The number of aromatic nitrogens is 1. The van der Waals surface area contributed by atoms with Crippen LogP contribution in [0.5, 0.6) is 5.75 Å². The van der Waals surface area contributed by atoms with Gasteiger partial charge in [-0.15, -0.1) is 11.3 Å². The van der Waals surface area contributed by atoms with Crippen molar-refractivity contribution in [1.29, 1.82) is 0 Å². The Morgan fingerprint density at radius 1 is 1.11 bits per heavy atom. The smallest absolute Gasteiger partial charge is 0.263 e. The van der Waals surface area contributed by atoms with E-state index in [1.54, 1.807) is 6.20 Å². The van der Waals surface area contributed by atoms with Gasteiger partial charge < -0.3 is 9.64 Å². The first kappa shape index (κ1) is 23.4. The van der Waals surface area contributed by atoms with E-state index in [9.17, 15) is 14.4 Å². The number of hydrogen-bond acceptors (Lipinski definition) is 6. The number of nitrogens with zero attached hydrogens (tertiary/aromatic N) is 3. The van der Waals surface area contributed by atoms with Crippen LogP contribution in [0.4, 0.5) is 0 Å². The van der Waals surface area contributed by atoms with Gasteiger partial charge in [0.1, 0.15) is 5.75 Å². The Balaban J connectivity index is 1.36. The average molecular weight is 524 g/mol. The number of ether oxygens (including phenoxy) is 1. The highest BCUT2D eigenvalue weighted by molar-refractivity contribution is 7.19. The summed E-state index contributed by atoms with van der Waals surface area (Å²) in [7, 11) is 0. The zero-order valence-corrected chi connectivity index (χ0v) is 21.5. The van der Waals surface area contributed by atoms with Gasteiger partial charge in [0.2, 0.25) is 11.8 Å². The fraction of sp³-hybridized carbons (Fsp3) is 0.407. The van der Waals surface area contributed by atoms with E-state index in [2.05, 4.69) is 4.98 Å². The van der Waals surface area contributed by atoms with E-state index in [4.69, 9.17) is 16.3 Å². The Hall–Kier alpha value is -2.97. The van der Waals surface area contributed by atoms with Gasteiger partial charge in [0.25, 0.3) is 5.91 Å². The van der Waals surface area contributed by atoms with Crippen molar-refractivity contribution < 1.29 is 19.1 Å². The lowest BCUT2D eigenvalue weighted by Crippen LogP contribution is -2.43. The second-order valence-corrected chi connectivity index (χ2v) is 11.2. The summed E-state index contributed by atoms with van der Waals surface area (Å²) in [4.78, 5) is 46.5. The fourth-order valence-corrected chi connectivity index (χ4v) is 6.94. The van der Waals surface area contributed by atoms with Gasteiger partial charge in [-0.3, -0.25) is 24.3 Å². The number of carbonyl (C=O) groups is 3. The molecule has 7 nitrogen and oxygen atoms in total. The predicted molar refractivity (Wildman–Crippen MR) is 138 cm³/mol. The molecular formula is C27H26ClN3O4S. The van der Waals surface area contributed by atoms with Crippen molar-refractivity contribution in [2.45, 2.75) is 57.6 Å². The molecule has 2 fully saturated rings. The standard InChI is InChI=1S/C27H26ClN3O4S/c1-15(31-23(32)5-6-24(31)33)22-14-20-26(36-22)18(7-8-29-20)19-13-17(28)11-16-12-21(35-25(16)19)27(34)30-9-3-2-4-10-30/h7-8,11,13-15,21H,2-6,9-10,12H2,1H3. The molecule has 5 heterocycles. The molecule has 3 amide bonds. The minimum atomic E-state index is -0.543. The third-order valence-corrected chi connectivity index (χ3v) is 8.90. The van der Waals surface area contributed by atoms with Crippen molar-refractivity contribution in [1.82, 2.24) is 14.8 Å².